The van der Waals surface area contributed by atoms with Gasteiger partial charge in [-0.1, -0.05) is 6.42 Å². The summed E-state index contributed by atoms with van der Waals surface area (Å²) in [6.45, 7) is -0.270. The molecule has 0 bridgehead atoms. The van der Waals surface area contributed by atoms with E-state index in [1.165, 1.54) is 0 Å². The lowest BCUT2D eigenvalue weighted by molar-refractivity contribution is -0.143. The zero-order chi connectivity index (χ0) is 12.1. The summed E-state index contributed by atoms with van der Waals surface area (Å²) in [4.78, 5) is 22.5. The van der Waals surface area contributed by atoms with Crippen LogP contribution in [-0.4, -0.2) is 40.8 Å². The lowest BCUT2D eigenvalue weighted by atomic mass is 10.0. The summed E-state index contributed by atoms with van der Waals surface area (Å²) < 4.78 is 0. The molecule has 16 heavy (non-hydrogen) atoms. The van der Waals surface area contributed by atoms with Gasteiger partial charge in [0.05, 0.1) is 5.92 Å². The van der Waals surface area contributed by atoms with Crippen molar-refractivity contribution in [3.05, 3.63) is 0 Å². The summed E-state index contributed by atoms with van der Waals surface area (Å²) in [7, 11) is 0. The zero-order valence-corrected chi connectivity index (χ0v) is 9.06. The van der Waals surface area contributed by atoms with Gasteiger partial charge in [-0.2, -0.15) is 0 Å². The molecule has 0 heterocycles. The molecular weight excluding hydrogens is 212 g/mol. The van der Waals surface area contributed by atoms with Crippen LogP contribution in [0.3, 0.4) is 0 Å². The molecule has 1 fully saturated rings. The van der Waals surface area contributed by atoms with E-state index in [0.29, 0.717) is 6.42 Å². The highest BCUT2D eigenvalue weighted by atomic mass is 16.4. The zero-order valence-electron chi connectivity index (χ0n) is 9.06. The summed E-state index contributed by atoms with van der Waals surface area (Å²) >= 11 is 0. The second kappa shape index (κ2) is 5.81. The SMILES string of the molecule is NC1CCCC1C(=O)N[C@H](CCO)C(=O)O. The fourth-order valence-corrected chi connectivity index (χ4v) is 1.98. The summed E-state index contributed by atoms with van der Waals surface area (Å²) in [5.41, 5.74) is 5.75. The normalized spacial score (nSPS) is 26.4. The lowest BCUT2D eigenvalue weighted by Crippen LogP contribution is -2.47. The number of hydrogen-bond donors (Lipinski definition) is 4. The first-order valence-corrected chi connectivity index (χ1v) is 5.46. The molecule has 0 aromatic carbocycles. The number of amides is 1. The Bertz CT molecular complexity index is 270. The van der Waals surface area contributed by atoms with Crippen molar-refractivity contribution in [3.8, 4) is 0 Å². The quantitative estimate of drug-likeness (QED) is 0.487. The standard InChI is InChI=1S/C10H18N2O4/c11-7-3-1-2-6(7)9(14)12-8(4-5-13)10(15)16/h6-8,13H,1-5,11H2,(H,12,14)(H,15,16)/t6?,7?,8-/m1/s1. The van der Waals surface area contributed by atoms with Crippen LogP contribution in [-0.2, 0) is 9.59 Å². The smallest absolute Gasteiger partial charge is 0.326 e. The Morgan fingerprint density at radius 3 is 2.56 bits per heavy atom. The number of nitrogens with one attached hydrogen (secondary N) is 1. The monoisotopic (exact) mass is 230 g/mol. The van der Waals surface area contributed by atoms with Crippen molar-refractivity contribution in [1.82, 2.24) is 5.32 Å². The van der Waals surface area contributed by atoms with Crippen LogP contribution in [0.4, 0.5) is 0 Å². The first-order chi connectivity index (χ1) is 7.56. The number of aliphatic carboxylic acids is 1. The Morgan fingerprint density at radius 1 is 1.44 bits per heavy atom. The fourth-order valence-electron chi connectivity index (χ4n) is 1.98. The predicted octanol–water partition coefficient (Wildman–Crippen LogP) is -0.934. The molecule has 1 amide bonds. The molecule has 0 radical (unpaired) electrons. The van der Waals surface area contributed by atoms with E-state index in [0.717, 1.165) is 12.8 Å². The van der Waals surface area contributed by atoms with Gasteiger partial charge in [0, 0.05) is 19.1 Å². The molecule has 3 atom stereocenters. The van der Waals surface area contributed by atoms with Gasteiger partial charge < -0.3 is 21.3 Å². The van der Waals surface area contributed by atoms with Crippen LogP contribution in [0.2, 0.25) is 0 Å². The van der Waals surface area contributed by atoms with Gasteiger partial charge in [-0.3, -0.25) is 4.79 Å². The maximum atomic E-state index is 11.7. The van der Waals surface area contributed by atoms with E-state index in [2.05, 4.69) is 5.32 Å². The third kappa shape index (κ3) is 3.18. The molecule has 0 aromatic rings. The van der Waals surface area contributed by atoms with Crippen molar-refractivity contribution in [2.24, 2.45) is 11.7 Å². The molecule has 5 N–H and O–H groups in total. The van der Waals surface area contributed by atoms with Crippen LogP contribution in [0.15, 0.2) is 0 Å². The molecule has 1 rings (SSSR count). The summed E-state index contributed by atoms with van der Waals surface area (Å²) in [6.07, 6.45) is 2.42. The maximum absolute atomic E-state index is 11.7. The van der Waals surface area contributed by atoms with E-state index >= 15 is 0 Å². The molecule has 0 spiro atoms. The van der Waals surface area contributed by atoms with Gasteiger partial charge >= 0.3 is 5.97 Å². The van der Waals surface area contributed by atoms with Gasteiger partial charge in [-0.05, 0) is 12.8 Å². The van der Waals surface area contributed by atoms with E-state index in [-0.39, 0.29) is 30.9 Å². The van der Waals surface area contributed by atoms with E-state index in [9.17, 15) is 9.59 Å². The summed E-state index contributed by atoms with van der Waals surface area (Å²) in [6, 6.07) is -1.20. The molecular formula is C10H18N2O4. The first kappa shape index (κ1) is 12.9. The van der Waals surface area contributed by atoms with Crippen LogP contribution < -0.4 is 11.1 Å². The Morgan fingerprint density at radius 2 is 2.12 bits per heavy atom. The van der Waals surface area contributed by atoms with E-state index in [4.69, 9.17) is 15.9 Å². The molecule has 6 nitrogen and oxygen atoms in total. The van der Waals surface area contributed by atoms with Gasteiger partial charge in [-0.15, -0.1) is 0 Å². The van der Waals surface area contributed by atoms with Crippen molar-refractivity contribution in [1.29, 1.82) is 0 Å². The van der Waals surface area contributed by atoms with Crippen molar-refractivity contribution in [2.45, 2.75) is 37.8 Å². The second-order valence-corrected chi connectivity index (χ2v) is 4.11. The highest BCUT2D eigenvalue weighted by Gasteiger charge is 2.32. The number of aliphatic hydroxyl groups is 1. The van der Waals surface area contributed by atoms with Crippen LogP contribution in [0, 0.1) is 5.92 Å². The predicted molar refractivity (Wildman–Crippen MR) is 56.6 cm³/mol. The minimum atomic E-state index is -1.13. The van der Waals surface area contributed by atoms with E-state index in [1.54, 1.807) is 0 Å². The molecule has 92 valence electrons. The number of nitrogens with two attached hydrogens (primary N) is 1. The highest BCUT2D eigenvalue weighted by Crippen LogP contribution is 2.24. The molecule has 1 aliphatic rings. The van der Waals surface area contributed by atoms with Crippen molar-refractivity contribution >= 4 is 11.9 Å². The van der Waals surface area contributed by atoms with Crippen LogP contribution >= 0.6 is 0 Å². The summed E-state index contributed by atoms with van der Waals surface area (Å²) in [5, 5.41) is 19.9. The fraction of sp³-hybridized carbons (Fsp3) is 0.800. The minimum Gasteiger partial charge on any atom is -0.480 e. The van der Waals surface area contributed by atoms with Gasteiger partial charge in [0.1, 0.15) is 6.04 Å². The molecule has 0 aliphatic heterocycles. The van der Waals surface area contributed by atoms with Crippen LogP contribution in [0.5, 0.6) is 0 Å². The van der Waals surface area contributed by atoms with Crippen LogP contribution in [0.1, 0.15) is 25.7 Å². The number of carbonyl (C=O) groups is 2. The average molecular weight is 230 g/mol. The molecule has 2 unspecified atom stereocenters. The minimum absolute atomic E-state index is 0.0169. The van der Waals surface area contributed by atoms with Gasteiger partial charge in [0.2, 0.25) is 5.91 Å². The Kier molecular flexibility index (Phi) is 4.70. The van der Waals surface area contributed by atoms with Crippen molar-refractivity contribution in [3.63, 3.8) is 0 Å². The van der Waals surface area contributed by atoms with Crippen molar-refractivity contribution < 1.29 is 19.8 Å². The molecule has 0 saturated heterocycles. The molecule has 6 heteroatoms. The third-order valence-corrected chi connectivity index (χ3v) is 2.94. The number of hydrogen-bond acceptors (Lipinski definition) is 4. The van der Waals surface area contributed by atoms with E-state index in [1.807, 2.05) is 0 Å². The number of carboxylic acid groups (broad SMARTS) is 1. The third-order valence-electron chi connectivity index (χ3n) is 2.94. The average Bonchev–Trinajstić information content (AvgIpc) is 2.63. The van der Waals surface area contributed by atoms with Gasteiger partial charge in [0.25, 0.3) is 0 Å². The number of aliphatic hydroxyl groups excluding tert-OH is 1. The van der Waals surface area contributed by atoms with Gasteiger partial charge in [0.15, 0.2) is 0 Å². The molecule has 1 saturated carbocycles. The Labute approximate surface area is 93.8 Å². The van der Waals surface area contributed by atoms with Crippen LogP contribution in [0.25, 0.3) is 0 Å². The first-order valence-electron chi connectivity index (χ1n) is 5.46. The highest BCUT2D eigenvalue weighted by molar-refractivity contribution is 5.85. The topological polar surface area (TPSA) is 113 Å². The lowest BCUT2D eigenvalue weighted by Gasteiger charge is -2.19. The molecule has 1 aliphatic carbocycles. The molecule has 0 aromatic heterocycles. The largest absolute Gasteiger partial charge is 0.480 e. The summed E-state index contributed by atoms with van der Waals surface area (Å²) in [5.74, 6) is -1.74. The number of carbonyl (C=O) groups excluding carboxylic acids is 1. The van der Waals surface area contributed by atoms with E-state index < -0.39 is 12.0 Å². The number of carboxylic acids is 1. The second-order valence-electron chi connectivity index (χ2n) is 4.11. The Hall–Kier alpha value is -1.14. The van der Waals surface area contributed by atoms with Crippen molar-refractivity contribution in [2.75, 3.05) is 6.61 Å². The maximum Gasteiger partial charge on any atom is 0.326 e. The Balaban J connectivity index is 2.50. The van der Waals surface area contributed by atoms with Gasteiger partial charge in [-0.25, -0.2) is 4.79 Å². The number of rotatable bonds is 5.